The minimum absolute atomic E-state index is 0.0810. The molecular weight excluding hydrogens is 140 g/mol. The van der Waals surface area contributed by atoms with Gasteiger partial charge in [0, 0.05) is 25.2 Å². The molecule has 2 rings (SSSR count). The number of hydrogen-bond acceptors (Lipinski definition) is 3. The van der Waals surface area contributed by atoms with Crippen LogP contribution in [-0.2, 0) is 0 Å². The zero-order valence-corrected chi connectivity index (χ0v) is 6.74. The van der Waals surface area contributed by atoms with Gasteiger partial charge in [-0.2, -0.15) is 0 Å². The topological polar surface area (TPSA) is 49.5 Å². The average Bonchev–Trinajstić information content (AvgIpc) is 2.32. The van der Waals surface area contributed by atoms with E-state index in [2.05, 4.69) is 4.90 Å². The van der Waals surface area contributed by atoms with E-state index in [4.69, 9.17) is 5.73 Å². The van der Waals surface area contributed by atoms with Gasteiger partial charge in [0.2, 0.25) is 0 Å². The number of piperidine rings is 1. The Balaban J connectivity index is 2.00. The Morgan fingerprint density at radius 1 is 1.27 bits per heavy atom. The van der Waals surface area contributed by atoms with E-state index in [0.29, 0.717) is 12.1 Å². The first-order valence-corrected chi connectivity index (χ1v) is 4.45. The molecule has 0 spiro atoms. The second kappa shape index (κ2) is 2.73. The van der Waals surface area contributed by atoms with E-state index >= 15 is 0 Å². The van der Waals surface area contributed by atoms with Gasteiger partial charge in [0.25, 0.3) is 0 Å². The van der Waals surface area contributed by atoms with E-state index in [0.717, 1.165) is 32.4 Å². The van der Waals surface area contributed by atoms with Crippen molar-refractivity contribution in [3.63, 3.8) is 0 Å². The van der Waals surface area contributed by atoms with Gasteiger partial charge in [-0.3, -0.25) is 4.90 Å². The monoisotopic (exact) mass is 156 g/mol. The number of nitrogens with zero attached hydrogens (tertiary/aromatic N) is 1. The maximum absolute atomic E-state index is 9.53. The lowest BCUT2D eigenvalue weighted by molar-refractivity contribution is 0.0849. The van der Waals surface area contributed by atoms with Crippen molar-refractivity contribution in [3.8, 4) is 0 Å². The van der Waals surface area contributed by atoms with Crippen LogP contribution in [0.25, 0.3) is 0 Å². The molecule has 0 aromatic heterocycles. The lowest BCUT2D eigenvalue weighted by Crippen LogP contribution is -2.47. The minimum Gasteiger partial charge on any atom is -0.391 e. The Labute approximate surface area is 67.2 Å². The molecule has 3 atom stereocenters. The quantitative estimate of drug-likeness (QED) is 0.499. The molecule has 3 N–H and O–H groups in total. The molecule has 2 saturated heterocycles. The van der Waals surface area contributed by atoms with Gasteiger partial charge in [-0.1, -0.05) is 0 Å². The van der Waals surface area contributed by atoms with Crippen LogP contribution in [0.4, 0.5) is 0 Å². The summed E-state index contributed by atoms with van der Waals surface area (Å²) in [5, 5.41) is 9.53. The lowest BCUT2D eigenvalue weighted by Gasteiger charge is -2.34. The first kappa shape index (κ1) is 7.53. The summed E-state index contributed by atoms with van der Waals surface area (Å²) in [6, 6.07) is 0.770. The minimum atomic E-state index is -0.0810. The first-order valence-electron chi connectivity index (χ1n) is 4.45. The van der Waals surface area contributed by atoms with Crippen molar-refractivity contribution in [1.82, 2.24) is 4.90 Å². The number of fused-ring (bicyclic) bond motifs is 1. The molecule has 2 heterocycles. The van der Waals surface area contributed by atoms with Crippen LogP contribution in [0, 0.1) is 0 Å². The molecule has 0 aromatic rings. The number of aliphatic hydroxyl groups excluding tert-OH is 1. The van der Waals surface area contributed by atoms with Crippen LogP contribution in [-0.4, -0.2) is 41.3 Å². The summed E-state index contributed by atoms with van der Waals surface area (Å²) in [5.74, 6) is 0. The Morgan fingerprint density at radius 2 is 2.09 bits per heavy atom. The highest BCUT2D eigenvalue weighted by Crippen LogP contribution is 2.26. The van der Waals surface area contributed by atoms with E-state index in [9.17, 15) is 5.11 Å². The largest absolute Gasteiger partial charge is 0.391 e. The second-order valence-corrected chi connectivity index (χ2v) is 3.76. The molecule has 3 heteroatoms. The van der Waals surface area contributed by atoms with Crippen molar-refractivity contribution in [2.45, 2.75) is 37.5 Å². The second-order valence-electron chi connectivity index (χ2n) is 3.76. The molecule has 64 valence electrons. The molecule has 0 amide bonds. The molecule has 11 heavy (non-hydrogen) atoms. The summed E-state index contributed by atoms with van der Waals surface area (Å²) in [5.41, 5.74) is 5.81. The summed E-state index contributed by atoms with van der Waals surface area (Å²) in [6.07, 6.45) is 3.03. The Kier molecular flexibility index (Phi) is 1.87. The van der Waals surface area contributed by atoms with Gasteiger partial charge in [-0.25, -0.2) is 0 Å². The van der Waals surface area contributed by atoms with Gasteiger partial charge in [-0.05, 0) is 19.3 Å². The summed E-state index contributed by atoms with van der Waals surface area (Å²) < 4.78 is 0. The molecule has 0 aromatic carbocycles. The smallest absolute Gasteiger partial charge is 0.0707 e. The maximum Gasteiger partial charge on any atom is 0.0707 e. The zero-order chi connectivity index (χ0) is 7.84. The van der Waals surface area contributed by atoms with Gasteiger partial charge in [0.05, 0.1) is 6.10 Å². The van der Waals surface area contributed by atoms with Crippen molar-refractivity contribution in [1.29, 1.82) is 0 Å². The lowest BCUT2D eigenvalue weighted by atomic mass is 9.98. The van der Waals surface area contributed by atoms with Crippen molar-refractivity contribution in [3.05, 3.63) is 0 Å². The molecular formula is C8H16N2O. The highest BCUT2D eigenvalue weighted by atomic mass is 16.3. The van der Waals surface area contributed by atoms with Gasteiger partial charge in [0.15, 0.2) is 0 Å². The van der Waals surface area contributed by atoms with Crippen LogP contribution < -0.4 is 5.73 Å². The molecule has 2 aliphatic rings. The summed E-state index contributed by atoms with van der Waals surface area (Å²) in [6.45, 7) is 2.03. The standard InChI is InChI=1S/C8H16N2O/c9-6-1-2-7-8(11)3-4-10(7)5-6/h6-8,11H,1-5,9H2. The number of rotatable bonds is 0. The third-order valence-electron chi connectivity index (χ3n) is 2.93. The zero-order valence-electron chi connectivity index (χ0n) is 6.74. The molecule has 0 bridgehead atoms. The fourth-order valence-electron chi connectivity index (χ4n) is 2.28. The van der Waals surface area contributed by atoms with E-state index in [1.165, 1.54) is 0 Å². The highest BCUT2D eigenvalue weighted by Gasteiger charge is 2.36. The Bertz CT molecular complexity index is 151. The van der Waals surface area contributed by atoms with E-state index in [1.807, 2.05) is 0 Å². The Hall–Kier alpha value is -0.120. The van der Waals surface area contributed by atoms with Gasteiger partial charge >= 0.3 is 0 Å². The van der Waals surface area contributed by atoms with Gasteiger partial charge < -0.3 is 10.8 Å². The van der Waals surface area contributed by atoms with Crippen LogP contribution in [0.5, 0.6) is 0 Å². The summed E-state index contributed by atoms with van der Waals surface area (Å²) >= 11 is 0. The predicted molar refractivity (Wildman–Crippen MR) is 43.2 cm³/mol. The maximum atomic E-state index is 9.53. The third-order valence-corrected chi connectivity index (χ3v) is 2.93. The molecule has 3 unspecified atom stereocenters. The average molecular weight is 156 g/mol. The van der Waals surface area contributed by atoms with Crippen molar-refractivity contribution < 1.29 is 5.11 Å². The molecule has 3 nitrogen and oxygen atoms in total. The van der Waals surface area contributed by atoms with Crippen LogP contribution >= 0.6 is 0 Å². The van der Waals surface area contributed by atoms with Crippen LogP contribution in [0.3, 0.4) is 0 Å². The number of aliphatic hydroxyl groups is 1. The summed E-state index contributed by atoms with van der Waals surface area (Å²) in [7, 11) is 0. The summed E-state index contributed by atoms with van der Waals surface area (Å²) in [4.78, 5) is 2.33. The molecule has 2 aliphatic heterocycles. The Morgan fingerprint density at radius 3 is 2.91 bits per heavy atom. The van der Waals surface area contributed by atoms with E-state index in [1.54, 1.807) is 0 Å². The van der Waals surface area contributed by atoms with E-state index < -0.39 is 0 Å². The predicted octanol–water partition coefficient (Wildman–Crippen LogP) is -0.457. The van der Waals surface area contributed by atoms with Crippen molar-refractivity contribution in [2.75, 3.05) is 13.1 Å². The number of hydrogen-bond donors (Lipinski definition) is 2. The highest BCUT2D eigenvalue weighted by molar-refractivity contribution is 4.92. The molecule has 0 saturated carbocycles. The van der Waals surface area contributed by atoms with Gasteiger partial charge in [0.1, 0.15) is 0 Å². The van der Waals surface area contributed by atoms with Crippen LogP contribution in [0.2, 0.25) is 0 Å². The molecule has 2 fully saturated rings. The normalized spacial score (nSPS) is 45.8. The van der Waals surface area contributed by atoms with Gasteiger partial charge in [-0.15, -0.1) is 0 Å². The van der Waals surface area contributed by atoms with Crippen molar-refractivity contribution >= 4 is 0 Å². The fourth-order valence-corrected chi connectivity index (χ4v) is 2.28. The van der Waals surface area contributed by atoms with Crippen LogP contribution in [0.15, 0.2) is 0 Å². The SMILES string of the molecule is NC1CCC2C(O)CCN2C1. The molecule has 0 aliphatic carbocycles. The number of nitrogens with two attached hydrogens (primary N) is 1. The van der Waals surface area contributed by atoms with Crippen molar-refractivity contribution in [2.24, 2.45) is 5.73 Å². The van der Waals surface area contributed by atoms with Crippen LogP contribution in [0.1, 0.15) is 19.3 Å². The first-order chi connectivity index (χ1) is 5.27. The fraction of sp³-hybridized carbons (Fsp3) is 1.00. The molecule has 0 radical (unpaired) electrons. The van der Waals surface area contributed by atoms with E-state index in [-0.39, 0.29) is 6.10 Å². The third kappa shape index (κ3) is 1.28.